The molecule has 0 fully saturated rings. The molecule has 122 valence electrons. The largest absolute Gasteiger partial charge is 0.451 e. The van der Waals surface area contributed by atoms with Crippen molar-refractivity contribution in [1.82, 2.24) is 19.6 Å². The van der Waals surface area contributed by atoms with E-state index in [-0.39, 0.29) is 12.5 Å². The Morgan fingerprint density at radius 3 is 2.96 bits per heavy atom. The fourth-order valence-corrected chi connectivity index (χ4v) is 4.26. The molecule has 10 heteroatoms. The number of thiazole rings is 1. The molecule has 24 heavy (non-hydrogen) atoms. The summed E-state index contributed by atoms with van der Waals surface area (Å²) in [7, 11) is 0. The Morgan fingerprint density at radius 1 is 1.33 bits per heavy atom. The average Bonchev–Trinajstić information content (AvgIpc) is 3.27. The molecule has 0 aliphatic heterocycles. The smallest absolute Gasteiger partial charge is 0.350 e. The number of hydrogen-bond donors (Lipinski definition) is 0. The number of carbonyl (C=O) groups excluding carboxylic acids is 1. The maximum atomic E-state index is 12.1. The Bertz CT molecular complexity index is 1000. The highest BCUT2D eigenvalue weighted by Gasteiger charge is 2.16. The van der Waals surface area contributed by atoms with Gasteiger partial charge in [-0.15, -0.1) is 21.5 Å². The number of halogens is 1. The first-order valence-corrected chi connectivity index (χ1v) is 9.21. The maximum absolute atomic E-state index is 12.1. The summed E-state index contributed by atoms with van der Waals surface area (Å²) < 4.78 is 13.5. The van der Waals surface area contributed by atoms with Gasteiger partial charge in [-0.2, -0.15) is 0 Å². The van der Waals surface area contributed by atoms with E-state index >= 15 is 0 Å². The third-order valence-electron chi connectivity index (χ3n) is 3.06. The average molecular weight is 425 g/mol. The van der Waals surface area contributed by atoms with Gasteiger partial charge in [0.05, 0.1) is 14.4 Å². The van der Waals surface area contributed by atoms with E-state index in [0.29, 0.717) is 10.8 Å². The number of ether oxygens (including phenoxy) is 1. The second-order valence-corrected chi connectivity index (χ2v) is 8.32. The number of rotatable bonds is 4. The van der Waals surface area contributed by atoms with Gasteiger partial charge in [0.1, 0.15) is 4.88 Å². The van der Waals surface area contributed by atoms with Crippen LogP contribution in [0.25, 0.3) is 15.7 Å². The molecule has 0 saturated carbocycles. The second kappa shape index (κ2) is 6.11. The Labute approximate surface area is 152 Å². The first-order valence-electron chi connectivity index (χ1n) is 6.79. The lowest BCUT2D eigenvalue weighted by atomic mass is 10.5. The van der Waals surface area contributed by atoms with Crippen molar-refractivity contribution >= 4 is 49.5 Å². The van der Waals surface area contributed by atoms with Gasteiger partial charge in [0.2, 0.25) is 0 Å². The zero-order valence-corrected chi connectivity index (χ0v) is 15.4. The van der Waals surface area contributed by atoms with E-state index in [9.17, 15) is 4.79 Å². The fourth-order valence-electron chi connectivity index (χ4n) is 2.05. The molecule has 0 amide bonds. The van der Waals surface area contributed by atoms with Crippen molar-refractivity contribution in [3.05, 3.63) is 44.8 Å². The molecule has 0 saturated heterocycles. The number of thiophene rings is 1. The van der Waals surface area contributed by atoms with Crippen LogP contribution in [0.1, 0.15) is 21.3 Å². The van der Waals surface area contributed by atoms with E-state index in [1.807, 2.05) is 25.3 Å². The van der Waals surface area contributed by atoms with E-state index in [1.165, 1.54) is 22.7 Å². The molecule has 4 aromatic rings. The van der Waals surface area contributed by atoms with Crippen molar-refractivity contribution in [3.63, 3.8) is 0 Å². The minimum atomic E-state index is -0.443. The number of nitrogens with zero attached hydrogens (tertiary/aromatic N) is 4. The normalized spacial score (nSPS) is 11.2. The van der Waals surface area contributed by atoms with Gasteiger partial charge >= 0.3 is 5.97 Å². The molecule has 4 rings (SSSR count). The van der Waals surface area contributed by atoms with Crippen LogP contribution in [0.5, 0.6) is 0 Å². The highest BCUT2D eigenvalue weighted by molar-refractivity contribution is 9.11. The molecular weight excluding hydrogens is 416 g/mol. The van der Waals surface area contributed by atoms with Crippen LogP contribution in [0.4, 0.5) is 0 Å². The SMILES string of the molecule is Cc1cn2cc(C(=O)OCc3nnc(-c4ccc(Br)s4)o3)sc2n1. The second-order valence-electron chi connectivity index (χ2n) is 4.85. The molecule has 0 aromatic carbocycles. The number of hydrogen-bond acceptors (Lipinski definition) is 8. The summed E-state index contributed by atoms with van der Waals surface area (Å²) in [4.78, 5) is 18.5. The Hall–Kier alpha value is -2.04. The lowest BCUT2D eigenvalue weighted by Gasteiger charge is -1.98. The predicted molar refractivity (Wildman–Crippen MR) is 92.2 cm³/mol. The molecule has 0 bridgehead atoms. The zero-order valence-electron chi connectivity index (χ0n) is 12.2. The molecule has 7 nitrogen and oxygen atoms in total. The maximum Gasteiger partial charge on any atom is 0.350 e. The Kier molecular flexibility index (Phi) is 3.94. The lowest BCUT2D eigenvalue weighted by molar-refractivity contribution is 0.0444. The van der Waals surface area contributed by atoms with Gasteiger partial charge < -0.3 is 9.15 Å². The topological polar surface area (TPSA) is 82.5 Å². The number of aryl methyl sites for hydroxylation is 1. The van der Waals surface area contributed by atoms with Gasteiger partial charge in [0.15, 0.2) is 11.6 Å². The molecule has 0 spiro atoms. The van der Waals surface area contributed by atoms with Crippen LogP contribution in [-0.4, -0.2) is 25.6 Å². The van der Waals surface area contributed by atoms with E-state index in [0.717, 1.165) is 19.3 Å². The molecule has 4 aromatic heterocycles. The van der Waals surface area contributed by atoms with Crippen LogP contribution in [-0.2, 0) is 11.3 Å². The Balaban J connectivity index is 1.43. The number of imidazole rings is 1. The van der Waals surface area contributed by atoms with Gasteiger partial charge in [0.25, 0.3) is 11.8 Å². The molecule has 0 atom stereocenters. The van der Waals surface area contributed by atoms with Crippen LogP contribution in [0.2, 0.25) is 0 Å². The minimum Gasteiger partial charge on any atom is -0.451 e. The summed E-state index contributed by atoms with van der Waals surface area (Å²) in [5.74, 6) is 0.212. The van der Waals surface area contributed by atoms with Gasteiger partial charge in [-0.3, -0.25) is 4.40 Å². The lowest BCUT2D eigenvalue weighted by Crippen LogP contribution is -2.03. The predicted octanol–water partition coefficient (Wildman–Crippen LogP) is 3.94. The Morgan fingerprint density at radius 2 is 2.21 bits per heavy atom. The summed E-state index contributed by atoms with van der Waals surface area (Å²) in [5.41, 5.74) is 0.903. The van der Waals surface area contributed by atoms with Crippen LogP contribution in [0.3, 0.4) is 0 Å². The molecular formula is C14H9BrN4O3S2. The molecule has 0 radical (unpaired) electrons. The monoisotopic (exact) mass is 424 g/mol. The number of aromatic nitrogens is 4. The third kappa shape index (κ3) is 2.99. The standard InChI is InChI=1S/C14H9BrN4O3S2/c1-7-4-19-5-9(24-14(19)16-7)13(20)21-6-11-17-18-12(22-11)8-2-3-10(15)23-8/h2-5H,6H2,1H3. The molecule has 0 N–H and O–H groups in total. The first-order chi connectivity index (χ1) is 11.6. The van der Waals surface area contributed by atoms with E-state index in [1.54, 1.807) is 10.6 Å². The minimum absolute atomic E-state index is 0.0718. The van der Waals surface area contributed by atoms with E-state index in [4.69, 9.17) is 9.15 Å². The van der Waals surface area contributed by atoms with Crippen LogP contribution < -0.4 is 0 Å². The zero-order chi connectivity index (χ0) is 16.7. The van der Waals surface area contributed by atoms with Gasteiger partial charge in [-0.05, 0) is 35.0 Å². The molecule has 0 aliphatic rings. The van der Waals surface area contributed by atoms with Crippen LogP contribution >= 0.6 is 38.6 Å². The highest BCUT2D eigenvalue weighted by Crippen LogP contribution is 2.30. The molecule has 0 aliphatic carbocycles. The first kappa shape index (κ1) is 15.5. The summed E-state index contributed by atoms with van der Waals surface area (Å²) in [5, 5.41) is 7.85. The third-order valence-corrected chi connectivity index (χ3v) is 5.64. The van der Waals surface area contributed by atoms with Crippen molar-refractivity contribution in [2.45, 2.75) is 13.5 Å². The molecule has 0 unspecified atom stereocenters. The number of carbonyl (C=O) groups is 1. The summed E-state index contributed by atoms with van der Waals surface area (Å²) in [6.45, 7) is 1.83. The summed E-state index contributed by atoms with van der Waals surface area (Å²) in [6, 6.07) is 3.78. The van der Waals surface area contributed by atoms with Crippen LogP contribution in [0.15, 0.2) is 32.7 Å². The summed E-state index contributed by atoms with van der Waals surface area (Å²) >= 11 is 6.14. The van der Waals surface area contributed by atoms with Crippen molar-refractivity contribution < 1.29 is 13.9 Å². The van der Waals surface area contributed by atoms with Gasteiger partial charge in [0, 0.05) is 12.4 Å². The number of esters is 1. The van der Waals surface area contributed by atoms with Crippen molar-refractivity contribution in [2.24, 2.45) is 0 Å². The highest BCUT2D eigenvalue weighted by atomic mass is 79.9. The summed E-state index contributed by atoms with van der Waals surface area (Å²) in [6.07, 6.45) is 3.55. The van der Waals surface area contributed by atoms with Crippen molar-refractivity contribution in [2.75, 3.05) is 0 Å². The fraction of sp³-hybridized carbons (Fsp3) is 0.143. The quantitative estimate of drug-likeness (QED) is 0.461. The van der Waals surface area contributed by atoms with E-state index < -0.39 is 5.97 Å². The molecule has 4 heterocycles. The number of fused-ring (bicyclic) bond motifs is 1. The van der Waals surface area contributed by atoms with Crippen LogP contribution in [0, 0.1) is 6.92 Å². The van der Waals surface area contributed by atoms with Crippen molar-refractivity contribution in [3.8, 4) is 10.8 Å². The van der Waals surface area contributed by atoms with Crippen molar-refractivity contribution in [1.29, 1.82) is 0 Å². The van der Waals surface area contributed by atoms with Gasteiger partial charge in [-0.1, -0.05) is 11.3 Å². The van der Waals surface area contributed by atoms with Gasteiger partial charge in [-0.25, -0.2) is 9.78 Å². The van der Waals surface area contributed by atoms with E-state index in [2.05, 4.69) is 31.1 Å².